The topological polar surface area (TPSA) is 80.8 Å². The minimum atomic E-state index is -0.498. The molecule has 7 nitrogen and oxygen atoms in total. The standard InChI is InChI=1S/C18H27N3O4/c1-17(2,3)25-16(23)20-18(4)7-9-21(10-8-18)15-6-5-14(19-11-15)12-24-13-22/h5-6,11,13H,7-10,12H2,1-4H3,(H,20,23). The van der Waals surface area contributed by atoms with E-state index in [0.29, 0.717) is 12.2 Å². The maximum atomic E-state index is 12.0. The van der Waals surface area contributed by atoms with Gasteiger partial charge >= 0.3 is 6.09 Å². The van der Waals surface area contributed by atoms with E-state index < -0.39 is 5.60 Å². The molecule has 2 heterocycles. The molecule has 0 aromatic carbocycles. The number of nitrogens with zero attached hydrogens (tertiary/aromatic N) is 2. The van der Waals surface area contributed by atoms with E-state index in [9.17, 15) is 9.59 Å². The van der Waals surface area contributed by atoms with Crippen molar-refractivity contribution in [3.05, 3.63) is 24.0 Å². The number of alkyl carbamates (subject to hydrolysis) is 1. The predicted molar refractivity (Wildman–Crippen MR) is 94.3 cm³/mol. The van der Waals surface area contributed by atoms with Crippen LogP contribution in [0.3, 0.4) is 0 Å². The summed E-state index contributed by atoms with van der Waals surface area (Å²) in [6, 6.07) is 3.83. The summed E-state index contributed by atoms with van der Waals surface area (Å²) in [6.45, 7) is 9.85. The number of nitrogens with one attached hydrogen (secondary N) is 1. The van der Waals surface area contributed by atoms with E-state index in [0.717, 1.165) is 31.6 Å². The second kappa shape index (κ2) is 7.72. The number of pyridine rings is 1. The molecule has 0 aliphatic carbocycles. The molecule has 2 rings (SSSR count). The molecule has 0 spiro atoms. The molecule has 0 radical (unpaired) electrons. The van der Waals surface area contributed by atoms with Crippen molar-refractivity contribution in [3.63, 3.8) is 0 Å². The first-order chi connectivity index (χ1) is 11.7. The molecule has 1 N–H and O–H groups in total. The normalized spacial score (nSPS) is 16.9. The molecular formula is C18H27N3O4. The van der Waals surface area contributed by atoms with Gasteiger partial charge in [-0.15, -0.1) is 0 Å². The number of hydrogen-bond acceptors (Lipinski definition) is 6. The molecule has 1 aliphatic rings. The molecule has 0 bridgehead atoms. The Morgan fingerprint density at radius 2 is 2.04 bits per heavy atom. The third-order valence-electron chi connectivity index (χ3n) is 4.14. The van der Waals surface area contributed by atoms with Crippen LogP contribution in [-0.2, 0) is 20.9 Å². The van der Waals surface area contributed by atoms with Gasteiger partial charge in [-0.25, -0.2) is 4.79 Å². The number of piperidine rings is 1. The van der Waals surface area contributed by atoms with Crippen molar-refractivity contribution in [3.8, 4) is 0 Å². The van der Waals surface area contributed by atoms with Crippen molar-refractivity contribution >= 4 is 18.3 Å². The summed E-state index contributed by atoms with van der Waals surface area (Å²) >= 11 is 0. The number of amides is 1. The first kappa shape index (κ1) is 19.0. The maximum absolute atomic E-state index is 12.0. The molecule has 1 aliphatic heterocycles. The van der Waals surface area contributed by atoms with E-state index in [2.05, 4.69) is 15.2 Å². The first-order valence-electron chi connectivity index (χ1n) is 8.47. The number of aromatic nitrogens is 1. The van der Waals surface area contributed by atoms with E-state index in [1.54, 1.807) is 6.20 Å². The number of carbonyl (C=O) groups excluding carboxylic acids is 2. The van der Waals surface area contributed by atoms with E-state index in [4.69, 9.17) is 9.47 Å². The van der Waals surface area contributed by atoms with Crippen LogP contribution in [-0.4, -0.2) is 41.8 Å². The SMILES string of the molecule is CC1(NC(=O)OC(C)(C)C)CCN(c2ccc(COC=O)nc2)CC1. The van der Waals surface area contributed by atoms with Gasteiger partial charge in [0.15, 0.2) is 0 Å². The molecule has 25 heavy (non-hydrogen) atoms. The van der Waals surface area contributed by atoms with Gasteiger partial charge in [-0.1, -0.05) is 0 Å². The van der Waals surface area contributed by atoms with Crippen molar-refractivity contribution < 1.29 is 19.1 Å². The first-order valence-corrected chi connectivity index (χ1v) is 8.47. The Labute approximate surface area is 148 Å². The number of ether oxygens (including phenoxy) is 2. The molecule has 1 aromatic rings. The lowest BCUT2D eigenvalue weighted by molar-refractivity contribution is -0.129. The Kier molecular flexibility index (Phi) is 5.87. The minimum Gasteiger partial charge on any atom is -0.461 e. The zero-order valence-electron chi connectivity index (χ0n) is 15.4. The fraction of sp³-hybridized carbons (Fsp3) is 0.611. The van der Waals surface area contributed by atoms with Crippen LogP contribution in [0.5, 0.6) is 0 Å². The highest BCUT2D eigenvalue weighted by atomic mass is 16.6. The lowest BCUT2D eigenvalue weighted by atomic mass is 9.89. The van der Waals surface area contributed by atoms with Crippen LogP contribution in [0.25, 0.3) is 0 Å². The highest BCUT2D eigenvalue weighted by Crippen LogP contribution is 2.26. The van der Waals surface area contributed by atoms with Gasteiger partial charge in [0.2, 0.25) is 0 Å². The van der Waals surface area contributed by atoms with Gasteiger partial charge in [0.1, 0.15) is 12.2 Å². The molecular weight excluding hydrogens is 322 g/mol. The van der Waals surface area contributed by atoms with Crippen LogP contribution in [0.15, 0.2) is 18.3 Å². The van der Waals surface area contributed by atoms with Gasteiger partial charge in [0, 0.05) is 18.6 Å². The lowest BCUT2D eigenvalue weighted by Crippen LogP contribution is -2.54. The van der Waals surface area contributed by atoms with E-state index in [1.165, 1.54) is 0 Å². The lowest BCUT2D eigenvalue weighted by Gasteiger charge is -2.41. The zero-order chi connectivity index (χ0) is 18.5. The third-order valence-corrected chi connectivity index (χ3v) is 4.14. The summed E-state index contributed by atoms with van der Waals surface area (Å²) in [7, 11) is 0. The second-order valence-corrected chi connectivity index (χ2v) is 7.59. The Morgan fingerprint density at radius 3 is 2.56 bits per heavy atom. The smallest absolute Gasteiger partial charge is 0.408 e. The number of anilines is 1. The Hall–Kier alpha value is -2.31. The van der Waals surface area contributed by atoms with Gasteiger partial charge in [-0.3, -0.25) is 9.78 Å². The van der Waals surface area contributed by atoms with Crippen molar-refractivity contribution in [1.82, 2.24) is 10.3 Å². The van der Waals surface area contributed by atoms with E-state index >= 15 is 0 Å². The van der Waals surface area contributed by atoms with Crippen LogP contribution >= 0.6 is 0 Å². The van der Waals surface area contributed by atoms with Crippen LogP contribution in [0, 0.1) is 0 Å². The molecule has 0 atom stereocenters. The Balaban J connectivity index is 1.88. The summed E-state index contributed by atoms with van der Waals surface area (Å²) in [4.78, 5) is 28.8. The van der Waals surface area contributed by atoms with Crippen molar-refractivity contribution in [2.24, 2.45) is 0 Å². The van der Waals surface area contributed by atoms with Crippen LogP contribution in [0.4, 0.5) is 10.5 Å². The zero-order valence-corrected chi connectivity index (χ0v) is 15.4. The van der Waals surface area contributed by atoms with Crippen LogP contribution < -0.4 is 10.2 Å². The molecule has 1 amide bonds. The fourth-order valence-electron chi connectivity index (χ4n) is 2.74. The molecule has 1 fully saturated rings. The molecule has 1 aromatic heterocycles. The summed E-state index contributed by atoms with van der Waals surface area (Å²) in [5, 5.41) is 3.00. The Morgan fingerprint density at radius 1 is 1.36 bits per heavy atom. The fourth-order valence-corrected chi connectivity index (χ4v) is 2.74. The average molecular weight is 349 g/mol. The van der Waals surface area contributed by atoms with Crippen molar-refractivity contribution in [2.45, 2.75) is 58.3 Å². The van der Waals surface area contributed by atoms with Gasteiger partial charge in [-0.05, 0) is 52.7 Å². The predicted octanol–water partition coefficient (Wildman–Crippen LogP) is 2.64. The number of rotatable bonds is 5. The molecule has 138 valence electrons. The van der Waals surface area contributed by atoms with Gasteiger partial charge in [-0.2, -0.15) is 0 Å². The Bertz CT molecular complexity index is 587. The highest BCUT2D eigenvalue weighted by Gasteiger charge is 2.33. The van der Waals surface area contributed by atoms with Gasteiger partial charge < -0.3 is 19.7 Å². The van der Waals surface area contributed by atoms with Crippen molar-refractivity contribution in [1.29, 1.82) is 0 Å². The van der Waals surface area contributed by atoms with Gasteiger partial charge in [0.25, 0.3) is 6.47 Å². The summed E-state index contributed by atoms with van der Waals surface area (Å²) in [5.41, 5.74) is 0.963. The van der Waals surface area contributed by atoms with Crippen molar-refractivity contribution in [2.75, 3.05) is 18.0 Å². The largest absolute Gasteiger partial charge is 0.461 e. The molecule has 1 saturated heterocycles. The highest BCUT2D eigenvalue weighted by molar-refractivity contribution is 5.68. The second-order valence-electron chi connectivity index (χ2n) is 7.59. The molecule has 0 saturated carbocycles. The van der Waals surface area contributed by atoms with Crippen LogP contribution in [0.2, 0.25) is 0 Å². The molecule has 7 heteroatoms. The number of hydrogen-bond donors (Lipinski definition) is 1. The third kappa shape index (κ3) is 5.92. The maximum Gasteiger partial charge on any atom is 0.408 e. The summed E-state index contributed by atoms with van der Waals surface area (Å²) in [6.07, 6.45) is 3.06. The average Bonchev–Trinajstić information content (AvgIpc) is 2.52. The quantitative estimate of drug-likeness (QED) is 0.823. The van der Waals surface area contributed by atoms with Crippen LogP contribution in [0.1, 0.15) is 46.2 Å². The monoisotopic (exact) mass is 349 g/mol. The summed E-state index contributed by atoms with van der Waals surface area (Å²) < 4.78 is 10.0. The van der Waals surface area contributed by atoms with E-state index in [1.807, 2.05) is 39.8 Å². The minimum absolute atomic E-state index is 0.182. The summed E-state index contributed by atoms with van der Waals surface area (Å²) in [5.74, 6) is 0. The molecule has 0 unspecified atom stereocenters. The van der Waals surface area contributed by atoms with E-state index in [-0.39, 0.29) is 18.2 Å². The van der Waals surface area contributed by atoms with Gasteiger partial charge in [0.05, 0.1) is 17.6 Å². The number of carbonyl (C=O) groups is 2.